The minimum absolute atomic E-state index is 0.0486. The van der Waals surface area contributed by atoms with Crippen LogP contribution in [0.2, 0.25) is 0 Å². The van der Waals surface area contributed by atoms with Crippen LogP contribution in [0, 0.1) is 0 Å². The van der Waals surface area contributed by atoms with Crippen molar-refractivity contribution in [2.45, 2.75) is 18.5 Å². The summed E-state index contributed by atoms with van der Waals surface area (Å²) in [4.78, 5) is 19.4. The van der Waals surface area contributed by atoms with Gasteiger partial charge in [-0.2, -0.15) is 0 Å². The molecule has 5 rings (SSSR count). The van der Waals surface area contributed by atoms with Crippen molar-refractivity contribution in [3.8, 4) is 5.69 Å². The van der Waals surface area contributed by atoms with Crippen LogP contribution < -0.4 is 10.6 Å². The predicted molar refractivity (Wildman–Crippen MR) is 138 cm³/mol. The quantitative estimate of drug-likeness (QED) is 0.380. The molecule has 4 aromatic rings. The highest BCUT2D eigenvalue weighted by Crippen LogP contribution is 2.39. The molecule has 2 N–H and O–H groups in total. The number of carbonyl (C=O) groups excluding carboxylic acids is 1. The minimum atomic E-state index is -0.136. The Labute approximate surface area is 204 Å². The summed E-state index contributed by atoms with van der Waals surface area (Å²) in [6.45, 7) is 0.485. The smallest absolute Gasteiger partial charge is 0.226 e. The Bertz CT molecular complexity index is 1260. The standard InChI is InChI=1S/C27H25N5OS/c33-24(29-20-10-3-1-4-11-20)16-19-32-26(25(30-27(32)34)22-14-7-8-17-28-22)23-15-9-18-31(23)21-12-5-2-6-13-21/h1-15,17-18,25-26H,16,19H2,(H,29,33)(H,30,34)/t25-,26+/m1/s1. The van der Waals surface area contributed by atoms with Crippen molar-refractivity contribution in [2.75, 3.05) is 11.9 Å². The molecule has 0 bridgehead atoms. The van der Waals surface area contributed by atoms with Crippen LogP contribution >= 0.6 is 12.2 Å². The zero-order chi connectivity index (χ0) is 23.3. The van der Waals surface area contributed by atoms with Crippen LogP contribution in [0.4, 0.5) is 5.69 Å². The number of amides is 1. The fourth-order valence-electron chi connectivity index (χ4n) is 4.39. The number of benzene rings is 2. The number of thiocarbonyl (C=S) groups is 1. The molecule has 0 aliphatic carbocycles. The highest BCUT2D eigenvalue weighted by molar-refractivity contribution is 7.80. The van der Waals surface area contributed by atoms with E-state index in [-0.39, 0.29) is 18.0 Å². The van der Waals surface area contributed by atoms with Crippen LogP contribution in [0.25, 0.3) is 5.69 Å². The van der Waals surface area contributed by atoms with E-state index in [1.54, 1.807) is 6.20 Å². The van der Waals surface area contributed by atoms with E-state index in [0.717, 1.165) is 22.8 Å². The summed E-state index contributed by atoms with van der Waals surface area (Å²) in [6, 6.07) is 29.5. The van der Waals surface area contributed by atoms with Crippen molar-refractivity contribution < 1.29 is 4.79 Å². The predicted octanol–water partition coefficient (Wildman–Crippen LogP) is 4.87. The molecule has 0 spiro atoms. The van der Waals surface area contributed by atoms with Crippen LogP contribution in [0.5, 0.6) is 0 Å². The van der Waals surface area contributed by atoms with E-state index < -0.39 is 0 Å². The van der Waals surface area contributed by atoms with Gasteiger partial charge in [0.15, 0.2) is 5.11 Å². The maximum Gasteiger partial charge on any atom is 0.226 e. The summed E-state index contributed by atoms with van der Waals surface area (Å²) in [5, 5.41) is 7.04. The molecule has 0 saturated carbocycles. The fraction of sp³-hybridized carbons (Fsp3) is 0.148. The van der Waals surface area contributed by atoms with Gasteiger partial charge in [0.05, 0.1) is 17.8 Å². The molecule has 34 heavy (non-hydrogen) atoms. The normalized spacial score (nSPS) is 17.4. The maximum absolute atomic E-state index is 12.7. The number of anilines is 1. The molecule has 7 heteroatoms. The van der Waals surface area contributed by atoms with Crippen molar-refractivity contribution in [3.63, 3.8) is 0 Å². The molecule has 2 atom stereocenters. The minimum Gasteiger partial charge on any atom is -0.352 e. The molecule has 1 fully saturated rings. The molecular formula is C27H25N5OS. The van der Waals surface area contributed by atoms with Crippen LogP contribution in [0.1, 0.15) is 29.9 Å². The van der Waals surface area contributed by atoms with E-state index in [4.69, 9.17) is 12.2 Å². The third-order valence-electron chi connectivity index (χ3n) is 5.95. The van der Waals surface area contributed by atoms with Gasteiger partial charge >= 0.3 is 0 Å². The molecule has 1 aliphatic rings. The SMILES string of the molecule is O=C(CCN1C(=S)N[C@H](c2ccccn2)[C@@H]1c1cccn1-c1ccccc1)Nc1ccccc1. The second kappa shape index (κ2) is 9.89. The molecule has 6 nitrogen and oxygen atoms in total. The molecule has 2 aromatic heterocycles. The van der Waals surface area contributed by atoms with Gasteiger partial charge in [0.1, 0.15) is 0 Å². The average Bonchev–Trinajstić information content (AvgIpc) is 3.48. The summed E-state index contributed by atoms with van der Waals surface area (Å²) < 4.78 is 2.17. The first-order chi connectivity index (χ1) is 16.7. The van der Waals surface area contributed by atoms with Gasteiger partial charge in [-0.3, -0.25) is 9.78 Å². The Hall–Kier alpha value is -3.97. The molecule has 1 aliphatic heterocycles. The average molecular weight is 468 g/mol. The fourth-order valence-corrected chi connectivity index (χ4v) is 4.73. The van der Waals surface area contributed by atoms with Crippen molar-refractivity contribution in [2.24, 2.45) is 0 Å². The van der Waals surface area contributed by atoms with Gasteiger partial charge in [-0.25, -0.2) is 0 Å². The first-order valence-corrected chi connectivity index (χ1v) is 11.7. The summed E-state index contributed by atoms with van der Waals surface area (Å²) in [5.74, 6) is -0.0486. The van der Waals surface area contributed by atoms with Crippen molar-refractivity contribution in [1.29, 1.82) is 0 Å². The Balaban J connectivity index is 1.44. The third-order valence-corrected chi connectivity index (χ3v) is 6.31. The van der Waals surface area contributed by atoms with Crippen LogP contribution in [0.15, 0.2) is 103 Å². The van der Waals surface area contributed by atoms with Gasteiger partial charge in [0.2, 0.25) is 5.91 Å². The lowest BCUT2D eigenvalue weighted by molar-refractivity contribution is -0.116. The highest BCUT2D eigenvalue weighted by Gasteiger charge is 2.41. The monoisotopic (exact) mass is 467 g/mol. The molecule has 0 radical (unpaired) electrons. The molecule has 3 heterocycles. The van der Waals surface area contributed by atoms with E-state index in [0.29, 0.717) is 18.1 Å². The molecule has 0 unspecified atom stereocenters. The number of carbonyl (C=O) groups is 1. The number of rotatable bonds is 7. The lowest BCUT2D eigenvalue weighted by Gasteiger charge is -2.28. The Morgan fingerprint density at radius 2 is 1.68 bits per heavy atom. The number of hydrogen-bond acceptors (Lipinski definition) is 3. The van der Waals surface area contributed by atoms with Crippen molar-refractivity contribution >= 4 is 28.9 Å². The summed E-state index contributed by atoms with van der Waals surface area (Å²) in [6.07, 6.45) is 4.17. The summed E-state index contributed by atoms with van der Waals surface area (Å²) >= 11 is 5.76. The van der Waals surface area contributed by atoms with Crippen LogP contribution in [0.3, 0.4) is 0 Å². The van der Waals surface area contributed by atoms with E-state index >= 15 is 0 Å². The lowest BCUT2D eigenvalue weighted by Crippen LogP contribution is -2.33. The number of para-hydroxylation sites is 2. The van der Waals surface area contributed by atoms with E-state index in [2.05, 4.69) is 49.5 Å². The largest absolute Gasteiger partial charge is 0.352 e. The number of nitrogens with zero attached hydrogens (tertiary/aromatic N) is 3. The van der Waals surface area contributed by atoms with Crippen molar-refractivity contribution in [3.05, 3.63) is 115 Å². The molecule has 1 amide bonds. The Morgan fingerprint density at radius 1 is 0.941 bits per heavy atom. The van der Waals surface area contributed by atoms with Crippen molar-refractivity contribution in [1.82, 2.24) is 19.8 Å². The van der Waals surface area contributed by atoms with Crippen LogP contribution in [-0.2, 0) is 4.79 Å². The molecular weight excluding hydrogens is 442 g/mol. The molecule has 2 aromatic carbocycles. The summed E-state index contributed by atoms with van der Waals surface area (Å²) in [5.41, 5.74) is 3.85. The van der Waals surface area contributed by atoms with Gasteiger partial charge in [-0.05, 0) is 60.7 Å². The summed E-state index contributed by atoms with van der Waals surface area (Å²) in [7, 11) is 0. The topological polar surface area (TPSA) is 62.2 Å². The van der Waals surface area contributed by atoms with Gasteiger partial charge in [-0.15, -0.1) is 0 Å². The Kier molecular flexibility index (Phi) is 6.35. The highest BCUT2D eigenvalue weighted by atomic mass is 32.1. The first-order valence-electron chi connectivity index (χ1n) is 11.3. The first kappa shape index (κ1) is 21.9. The van der Waals surface area contributed by atoms with E-state index in [1.807, 2.05) is 72.8 Å². The second-order valence-electron chi connectivity index (χ2n) is 8.12. The second-order valence-corrected chi connectivity index (χ2v) is 8.51. The van der Waals surface area contributed by atoms with E-state index in [1.165, 1.54) is 0 Å². The molecule has 170 valence electrons. The van der Waals surface area contributed by atoms with Crippen LogP contribution in [-0.4, -0.2) is 32.0 Å². The third kappa shape index (κ3) is 4.56. The van der Waals surface area contributed by atoms with Gasteiger partial charge < -0.3 is 20.1 Å². The number of aromatic nitrogens is 2. The zero-order valence-corrected chi connectivity index (χ0v) is 19.4. The molecule has 1 saturated heterocycles. The van der Waals surface area contributed by atoms with E-state index in [9.17, 15) is 4.79 Å². The van der Waals surface area contributed by atoms with Gasteiger partial charge in [0.25, 0.3) is 0 Å². The number of nitrogens with one attached hydrogen (secondary N) is 2. The van der Waals surface area contributed by atoms with Gasteiger partial charge in [0, 0.05) is 42.4 Å². The Morgan fingerprint density at radius 3 is 2.41 bits per heavy atom. The van der Waals surface area contributed by atoms with Gasteiger partial charge in [-0.1, -0.05) is 42.5 Å². The lowest BCUT2D eigenvalue weighted by atomic mass is 10.0. The zero-order valence-electron chi connectivity index (χ0n) is 18.5. The number of pyridine rings is 1. The maximum atomic E-state index is 12.7. The number of hydrogen-bond donors (Lipinski definition) is 2.